The molecule has 0 radical (unpaired) electrons. The number of sulfonamides is 1. The second kappa shape index (κ2) is 12.8. The molecule has 2 aromatic carbocycles. The van der Waals surface area contributed by atoms with Gasteiger partial charge in [0, 0.05) is 35.4 Å². The summed E-state index contributed by atoms with van der Waals surface area (Å²) in [6.07, 6.45) is 6.01. The number of pyridine rings is 1. The number of methoxy groups -OCH3 is 1. The third-order valence-corrected chi connectivity index (χ3v) is 11.3. The van der Waals surface area contributed by atoms with Gasteiger partial charge in [0.15, 0.2) is 0 Å². The van der Waals surface area contributed by atoms with Crippen LogP contribution in [0, 0.1) is 5.92 Å². The second-order valence-electron chi connectivity index (χ2n) is 12.9. The topological polar surface area (TPSA) is 153 Å². The predicted octanol–water partition coefficient (Wildman–Crippen LogP) is 4.09. The molecule has 2 aliphatic carbocycles. The molecule has 1 saturated heterocycles. The first-order valence-corrected chi connectivity index (χ1v) is 17.9. The van der Waals surface area contributed by atoms with Crippen LogP contribution in [0.1, 0.15) is 44.9 Å². The zero-order valence-corrected chi connectivity index (χ0v) is 27.4. The lowest BCUT2D eigenvalue weighted by atomic mass is 10.1. The number of hydrogen-bond acceptors (Lipinski definition) is 9. The van der Waals surface area contributed by atoms with E-state index in [1.807, 2.05) is 66.7 Å². The van der Waals surface area contributed by atoms with E-state index in [1.165, 1.54) is 4.90 Å². The molecule has 48 heavy (non-hydrogen) atoms. The van der Waals surface area contributed by atoms with Crippen LogP contribution >= 0.6 is 0 Å². The molecule has 2 N–H and O–H groups in total. The highest BCUT2D eigenvalue weighted by atomic mass is 32.2. The smallest absolute Gasteiger partial charge is 0.410 e. The largest absolute Gasteiger partial charge is 0.497 e. The molecule has 2 aliphatic heterocycles. The molecule has 0 spiro atoms. The Balaban J connectivity index is 1.18. The van der Waals surface area contributed by atoms with Gasteiger partial charge in [0.25, 0.3) is 5.91 Å². The van der Waals surface area contributed by atoms with Crippen molar-refractivity contribution in [1.29, 1.82) is 0 Å². The van der Waals surface area contributed by atoms with Crippen LogP contribution in [0.25, 0.3) is 22.2 Å². The summed E-state index contributed by atoms with van der Waals surface area (Å²) < 4.78 is 45.2. The minimum absolute atomic E-state index is 0.0656. The Labute approximate surface area is 278 Å². The maximum atomic E-state index is 14.0. The Morgan fingerprint density at radius 1 is 1.10 bits per heavy atom. The first kappa shape index (κ1) is 31.9. The first-order valence-electron chi connectivity index (χ1n) is 16.4. The second-order valence-corrected chi connectivity index (χ2v) is 14.8. The zero-order chi connectivity index (χ0) is 33.5. The number of carbonyl (C=O) groups excluding carboxylic acids is 3. The number of aromatic nitrogens is 1. The van der Waals surface area contributed by atoms with Gasteiger partial charge in [-0.05, 0) is 50.7 Å². The van der Waals surface area contributed by atoms with E-state index in [0.717, 1.165) is 17.4 Å². The van der Waals surface area contributed by atoms with Gasteiger partial charge in [0.1, 0.15) is 29.2 Å². The molecule has 4 atom stereocenters. The number of rotatable bonds is 7. The van der Waals surface area contributed by atoms with Crippen LogP contribution in [0.4, 0.5) is 4.79 Å². The number of cyclic esters (lactones) is 1. The fourth-order valence-electron chi connectivity index (χ4n) is 6.50. The lowest BCUT2D eigenvalue weighted by Gasteiger charge is -2.26. The summed E-state index contributed by atoms with van der Waals surface area (Å²) in [4.78, 5) is 47.1. The average Bonchev–Trinajstić information content (AvgIpc) is 4.01. The van der Waals surface area contributed by atoms with E-state index in [1.54, 1.807) is 7.11 Å². The molecule has 3 amide bonds. The van der Waals surface area contributed by atoms with E-state index < -0.39 is 50.9 Å². The summed E-state index contributed by atoms with van der Waals surface area (Å²) in [7, 11) is -2.25. The third-order valence-electron chi connectivity index (χ3n) is 9.47. The number of benzene rings is 2. The molecule has 4 aliphatic rings. The molecule has 3 heterocycles. The number of carbonyl (C=O) groups is 3. The van der Waals surface area contributed by atoms with Crippen molar-refractivity contribution in [2.24, 2.45) is 5.92 Å². The number of hydrogen-bond donors (Lipinski definition) is 2. The van der Waals surface area contributed by atoms with Gasteiger partial charge in [-0.1, -0.05) is 42.5 Å². The highest BCUT2D eigenvalue weighted by molar-refractivity contribution is 7.91. The first-order chi connectivity index (χ1) is 23.2. The van der Waals surface area contributed by atoms with E-state index in [9.17, 15) is 22.8 Å². The number of allylic oxidation sites excluding steroid dienone is 1. The average molecular weight is 675 g/mol. The Morgan fingerprint density at radius 2 is 1.92 bits per heavy atom. The quantitative estimate of drug-likeness (QED) is 0.353. The molecular formula is C35H38N4O8S. The molecule has 3 aromatic rings. The standard InChI is InChI=1S/C35H38N4O8S/c1-45-24-12-15-27-29(17-24)36-28(22-9-5-4-6-10-22)19-31(27)47-25-18-30-32(40)37-35(33(41)38-48(43,44)26-13-14-26)20-23(35)11-7-2-3-8-16-46-34(42)39(30)21-25/h4-7,9-12,15,17,19,23,25-26,30H,2-3,8,13-14,16,18,20-21H2,1H3,(H,37,40)(H,38,41). The summed E-state index contributed by atoms with van der Waals surface area (Å²) in [6, 6.07) is 16.0. The van der Waals surface area contributed by atoms with Gasteiger partial charge in [0.2, 0.25) is 15.9 Å². The van der Waals surface area contributed by atoms with Crippen LogP contribution in [0.5, 0.6) is 11.5 Å². The fourth-order valence-corrected chi connectivity index (χ4v) is 7.87. The number of ether oxygens (including phenoxy) is 3. The third kappa shape index (κ3) is 6.43. The monoisotopic (exact) mass is 674 g/mol. The van der Waals surface area contributed by atoms with Crippen molar-refractivity contribution in [2.45, 2.75) is 67.9 Å². The summed E-state index contributed by atoms with van der Waals surface area (Å²) in [5.41, 5.74) is 0.793. The van der Waals surface area contributed by atoms with Crippen LogP contribution < -0.4 is 19.5 Å². The lowest BCUT2D eigenvalue weighted by Crippen LogP contribution is -2.56. The summed E-state index contributed by atoms with van der Waals surface area (Å²) in [5.74, 6) is -0.530. The molecule has 2 saturated carbocycles. The summed E-state index contributed by atoms with van der Waals surface area (Å²) in [5, 5.41) is 3.00. The Morgan fingerprint density at radius 3 is 2.69 bits per heavy atom. The van der Waals surface area contributed by atoms with E-state index in [0.29, 0.717) is 48.4 Å². The summed E-state index contributed by atoms with van der Waals surface area (Å²) >= 11 is 0. The SMILES string of the molecule is COc1ccc2c(OC3CC4C(=O)NC5(C(=O)NS(=O)(=O)C6CC6)CC5C=CCCCCOC(=O)N4C3)cc(-c3ccccc3)nc2c1. The minimum atomic E-state index is -3.83. The Hall–Kier alpha value is -4.65. The number of nitrogens with zero attached hydrogens (tertiary/aromatic N) is 2. The predicted molar refractivity (Wildman–Crippen MR) is 177 cm³/mol. The van der Waals surface area contributed by atoms with Gasteiger partial charge in [-0.3, -0.25) is 19.2 Å². The van der Waals surface area contributed by atoms with Crippen LogP contribution in [0.2, 0.25) is 0 Å². The maximum Gasteiger partial charge on any atom is 0.410 e. The van der Waals surface area contributed by atoms with Gasteiger partial charge in [0.05, 0.1) is 36.7 Å². The lowest BCUT2D eigenvalue weighted by molar-refractivity contribution is -0.131. The molecule has 12 nitrogen and oxygen atoms in total. The molecule has 7 rings (SSSR count). The van der Waals surface area contributed by atoms with Gasteiger partial charge < -0.3 is 19.5 Å². The Bertz CT molecular complexity index is 1880. The van der Waals surface area contributed by atoms with E-state index in [2.05, 4.69) is 10.0 Å². The maximum absolute atomic E-state index is 14.0. The molecule has 252 valence electrons. The van der Waals surface area contributed by atoms with Crippen LogP contribution in [0.3, 0.4) is 0 Å². The van der Waals surface area contributed by atoms with E-state index in [4.69, 9.17) is 19.2 Å². The van der Waals surface area contributed by atoms with Crippen molar-refractivity contribution >= 4 is 38.8 Å². The summed E-state index contributed by atoms with van der Waals surface area (Å²) in [6.45, 7) is 0.269. The van der Waals surface area contributed by atoms with Crippen LogP contribution in [-0.4, -0.2) is 79.4 Å². The van der Waals surface area contributed by atoms with Crippen molar-refractivity contribution in [3.63, 3.8) is 0 Å². The van der Waals surface area contributed by atoms with Gasteiger partial charge in [-0.2, -0.15) is 0 Å². The van der Waals surface area contributed by atoms with E-state index in [-0.39, 0.29) is 31.9 Å². The van der Waals surface area contributed by atoms with Crippen LogP contribution in [0.15, 0.2) is 66.7 Å². The van der Waals surface area contributed by atoms with Crippen molar-refractivity contribution in [2.75, 3.05) is 20.3 Å². The molecular weight excluding hydrogens is 636 g/mol. The molecule has 0 bridgehead atoms. The molecule has 13 heteroatoms. The molecule has 3 fully saturated rings. The normalized spacial score (nSPS) is 26.0. The minimum Gasteiger partial charge on any atom is -0.497 e. The van der Waals surface area contributed by atoms with Gasteiger partial charge in [-0.15, -0.1) is 0 Å². The number of fused-ring (bicyclic) bond motifs is 3. The van der Waals surface area contributed by atoms with Crippen molar-refractivity contribution in [3.8, 4) is 22.8 Å². The van der Waals surface area contributed by atoms with Crippen molar-refractivity contribution < 1.29 is 37.0 Å². The fraction of sp³-hybridized carbons (Fsp3) is 0.429. The number of nitrogens with one attached hydrogen (secondary N) is 2. The van der Waals surface area contributed by atoms with Gasteiger partial charge in [-0.25, -0.2) is 18.2 Å². The highest BCUT2D eigenvalue weighted by Crippen LogP contribution is 2.46. The highest BCUT2D eigenvalue weighted by Gasteiger charge is 2.62. The Kier molecular flexibility index (Phi) is 8.48. The van der Waals surface area contributed by atoms with Crippen molar-refractivity contribution in [3.05, 3.63) is 66.7 Å². The number of amides is 3. The molecule has 4 unspecified atom stereocenters. The van der Waals surface area contributed by atoms with Crippen molar-refractivity contribution in [1.82, 2.24) is 19.9 Å². The molecule has 1 aromatic heterocycles. The van der Waals surface area contributed by atoms with Gasteiger partial charge >= 0.3 is 6.09 Å². The zero-order valence-electron chi connectivity index (χ0n) is 26.6. The van der Waals surface area contributed by atoms with E-state index >= 15 is 0 Å². The van der Waals surface area contributed by atoms with Crippen LogP contribution in [-0.2, 0) is 24.3 Å².